The average molecular weight is 373 g/mol. The summed E-state index contributed by atoms with van der Waals surface area (Å²) in [6.07, 6.45) is -9.30. The van der Waals surface area contributed by atoms with Gasteiger partial charge in [0.15, 0.2) is 0 Å². The first-order chi connectivity index (χ1) is 11.0. The largest absolute Gasteiger partial charge is 0.481 e. The second-order valence-electron chi connectivity index (χ2n) is 5.29. The lowest BCUT2D eigenvalue weighted by Crippen LogP contribution is -2.24. The van der Waals surface area contributed by atoms with Crippen LogP contribution in [0.15, 0.2) is 18.2 Å². The zero-order valence-corrected chi connectivity index (χ0v) is 12.9. The summed E-state index contributed by atoms with van der Waals surface area (Å²) in [5.41, 5.74) is -3.00. The van der Waals surface area contributed by atoms with E-state index < -0.39 is 29.4 Å². The second kappa shape index (κ2) is 6.73. The first-order valence-electron chi connectivity index (χ1n) is 6.85. The van der Waals surface area contributed by atoms with Gasteiger partial charge < -0.3 is 10.0 Å². The summed E-state index contributed by atoms with van der Waals surface area (Å²) < 4.78 is 77.4. The van der Waals surface area contributed by atoms with Gasteiger partial charge in [0.25, 0.3) is 0 Å². The molecular formula is C14H13F6NO2S. The van der Waals surface area contributed by atoms with Gasteiger partial charge >= 0.3 is 18.3 Å². The van der Waals surface area contributed by atoms with Gasteiger partial charge in [0, 0.05) is 24.0 Å². The predicted molar refractivity (Wildman–Crippen MR) is 77.2 cm³/mol. The number of hydrogen-bond acceptors (Lipinski definition) is 3. The molecule has 1 saturated heterocycles. The third-order valence-corrected chi connectivity index (χ3v) is 4.83. The van der Waals surface area contributed by atoms with Gasteiger partial charge in [-0.1, -0.05) is 0 Å². The molecule has 134 valence electrons. The number of anilines is 1. The molecule has 1 aromatic rings. The van der Waals surface area contributed by atoms with Crippen LogP contribution in [0.25, 0.3) is 0 Å². The van der Waals surface area contributed by atoms with Gasteiger partial charge in [0.2, 0.25) is 0 Å². The highest BCUT2D eigenvalue weighted by Crippen LogP contribution is 2.42. The number of hydrogen-bond donors (Lipinski definition) is 1. The van der Waals surface area contributed by atoms with Crippen molar-refractivity contribution in [1.82, 2.24) is 0 Å². The molecule has 0 radical (unpaired) electrons. The van der Waals surface area contributed by atoms with E-state index in [0.29, 0.717) is 12.5 Å². The molecule has 1 unspecified atom stereocenters. The third kappa shape index (κ3) is 4.49. The van der Waals surface area contributed by atoms with Crippen LogP contribution in [0.4, 0.5) is 32.0 Å². The van der Waals surface area contributed by atoms with Crippen LogP contribution in [0.2, 0.25) is 0 Å². The van der Waals surface area contributed by atoms with Gasteiger partial charge in [-0.2, -0.15) is 26.3 Å². The quantitative estimate of drug-likeness (QED) is 0.806. The maximum Gasteiger partial charge on any atom is 0.418 e. The van der Waals surface area contributed by atoms with Crippen molar-refractivity contribution in [3.63, 3.8) is 0 Å². The summed E-state index contributed by atoms with van der Waals surface area (Å²) >= 11 is 1.11. The van der Waals surface area contributed by atoms with Crippen molar-refractivity contribution in [2.24, 2.45) is 0 Å². The maximum absolute atomic E-state index is 13.1. The number of rotatable bonds is 4. The molecule has 0 bridgehead atoms. The van der Waals surface area contributed by atoms with E-state index in [2.05, 4.69) is 0 Å². The van der Waals surface area contributed by atoms with Crippen molar-refractivity contribution in [2.45, 2.75) is 24.0 Å². The monoisotopic (exact) mass is 373 g/mol. The van der Waals surface area contributed by atoms with Gasteiger partial charge in [0.05, 0.1) is 16.9 Å². The van der Waals surface area contributed by atoms with Crippen LogP contribution in [0.3, 0.4) is 0 Å². The molecule has 1 atom stereocenters. The molecule has 1 aromatic carbocycles. The van der Waals surface area contributed by atoms with E-state index in [0.717, 1.165) is 17.8 Å². The van der Waals surface area contributed by atoms with Crippen molar-refractivity contribution in [3.05, 3.63) is 29.3 Å². The summed E-state index contributed by atoms with van der Waals surface area (Å²) in [7, 11) is 0. The molecule has 1 aliphatic rings. The van der Waals surface area contributed by atoms with Crippen LogP contribution in [-0.4, -0.2) is 35.2 Å². The zero-order valence-electron chi connectivity index (χ0n) is 12.1. The minimum absolute atomic E-state index is 0.118. The molecule has 1 aliphatic heterocycles. The molecule has 1 fully saturated rings. The van der Waals surface area contributed by atoms with Crippen LogP contribution >= 0.6 is 11.8 Å². The second-order valence-corrected chi connectivity index (χ2v) is 6.58. The maximum atomic E-state index is 13.1. The van der Waals surface area contributed by atoms with E-state index in [9.17, 15) is 31.1 Å². The first-order valence-corrected chi connectivity index (χ1v) is 7.90. The van der Waals surface area contributed by atoms with Crippen LogP contribution in [0.1, 0.15) is 17.5 Å². The summed E-state index contributed by atoms with van der Waals surface area (Å²) in [4.78, 5) is 11.9. The fourth-order valence-corrected chi connectivity index (χ4v) is 3.42. The van der Waals surface area contributed by atoms with E-state index in [-0.39, 0.29) is 35.8 Å². The normalized spacial score (nSPS) is 18.9. The Labute approximate surface area is 137 Å². The van der Waals surface area contributed by atoms with Gasteiger partial charge in [0.1, 0.15) is 0 Å². The smallest absolute Gasteiger partial charge is 0.418 e. The number of carboxylic acid groups (broad SMARTS) is 1. The lowest BCUT2D eigenvalue weighted by molar-refractivity contribution is -0.142. The fraction of sp³-hybridized carbons (Fsp3) is 0.500. The average Bonchev–Trinajstić information content (AvgIpc) is 2.91. The van der Waals surface area contributed by atoms with E-state index in [1.54, 1.807) is 0 Å². The highest BCUT2D eigenvalue weighted by molar-refractivity contribution is 8.00. The Morgan fingerprint density at radius 2 is 1.88 bits per heavy atom. The van der Waals surface area contributed by atoms with Crippen molar-refractivity contribution < 1.29 is 36.2 Å². The Morgan fingerprint density at radius 3 is 2.42 bits per heavy atom. The molecule has 24 heavy (non-hydrogen) atoms. The highest BCUT2D eigenvalue weighted by Gasteiger charge is 2.40. The molecule has 1 N–H and O–H groups in total. The number of nitrogens with zero attached hydrogens (tertiary/aromatic N) is 1. The molecule has 0 aliphatic carbocycles. The molecule has 2 rings (SSSR count). The van der Waals surface area contributed by atoms with Crippen molar-refractivity contribution in [1.29, 1.82) is 0 Å². The lowest BCUT2D eigenvalue weighted by atomic mass is 10.1. The number of alkyl halides is 6. The van der Waals surface area contributed by atoms with Gasteiger partial charge in [-0.3, -0.25) is 4.79 Å². The predicted octanol–water partition coefficient (Wildman–Crippen LogP) is 4.12. The number of carboxylic acids is 1. The molecule has 0 saturated carbocycles. The van der Waals surface area contributed by atoms with Crippen molar-refractivity contribution in [2.75, 3.05) is 23.7 Å². The first kappa shape index (κ1) is 18.8. The number of thioether (sulfide) groups is 1. The van der Waals surface area contributed by atoms with Crippen molar-refractivity contribution in [3.8, 4) is 0 Å². The zero-order chi connectivity index (χ0) is 18.1. The number of carbonyl (C=O) groups is 1. The molecule has 10 heteroatoms. The number of benzene rings is 1. The van der Waals surface area contributed by atoms with Crippen molar-refractivity contribution >= 4 is 23.4 Å². The Bertz CT molecular complexity index is 616. The summed E-state index contributed by atoms with van der Waals surface area (Å²) in [5.74, 6) is -1.19. The molecule has 0 aromatic heterocycles. The topological polar surface area (TPSA) is 40.5 Å². The molecule has 0 spiro atoms. The Hall–Kier alpha value is -1.58. The summed E-state index contributed by atoms with van der Waals surface area (Å²) in [6.45, 7) is 0.387. The van der Waals surface area contributed by atoms with E-state index in [4.69, 9.17) is 5.11 Å². The van der Waals surface area contributed by atoms with Crippen LogP contribution in [0, 0.1) is 0 Å². The number of halogens is 6. The van der Waals surface area contributed by atoms with E-state index >= 15 is 0 Å². The Balaban J connectivity index is 2.26. The number of aliphatic carboxylic acids is 1. The standard InChI is InChI=1S/C14H13F6NO2S/c15-13(16,17)8-1-2-11(10(5-8)14(18,19)20)21-4-3-9(6-21)24-7-12(22)23/h1-2,5,9H,3-4,6-7H2,(H,22,23). The van der Waals surface area contributed by atoms with Crippen LogP contribution in [0.5, 0.6) is 0 Å². The molecular weight excluding hydrogens is 360 g/mol. The Morgan fingerprint density at radius 1 is 1.21 bits per heavy atom. The molecule has 1 heterocycles. The SMILES string of the molecule is O=C(O)CSC1CCN(c2ccc(C(F)(F)F)cc2C(F)(F)F)C1. The van der Waals surface area contributed by atoms with Crippen LogP contribution in [-0.2, 0) is 17.1 Å². The lowest BCUT2D eigenvalue weighted by Gasteiger charge is -2.24. The Kier molecular flexibility index (Phi) is 5.26. The van der Waals surface area contributed by atoms with Gasteiger partial charge in [-0.15, -0.1) is 11.8 Å². The fourth-order valence-electron chi connectivity index (χ4n) is 2.49. The minimum Gasteiger partial charge on any atom is -0.481 e. The van der Waals surface area contributed by atoms with Crippen LogP contribution < -0.4 is 4.90 Å². The van der Waals surface area contributed by atoms with E-state index in [1.165, 1.54) is 4.90 Å². The van der Waals surface area contributed by atoms with Gasteiger partial charge in [-0.05, 0) is 24.6 Å². The highest BCUT2D eigenvalue weighted by atomic mass is 32.2. The third-order valence-electron chi connectivity index (χ3n) is 3.56. The minimum atomic E-state index is -4.91. The molecule has 0 amide bonds. The van der Waals surface area contributed by atoms with E-state index in [1.807, 2.05) is 0 Å². The summed E-state index contributed by atoms with van der Waals surface area (Å²) in [5, 5.41) is 8.45. The molecule has 3 nitrogen and oxygen atoms in total. The summed E-state index contributed by atoms with van der Waals surface area (Å²) in [6, 6.07) is 1.57. The van der Waals surface area contributed by atoms with Gasteiger partial charge in [-0.25, -0.2) is 0 Å².